The van der Waals surface area contributed by atoms with Crippen LogP contribution in [0.2, 0.25) is 0 Å². The first-order valence-corrected chi connectivity index (χ1v) is 6.77. The van der Waals surface area contributed by atoms with Crippen LogP contribution in [0.3, 0.4) is 0 Å². The molecule has 6 N–H and O–H groups in total. The SMILES string of the molecule is COc1c(N)cc(S(=O)(=O)NCC(O)C(N)=O)cc1F. The van der Waals surface area contributed by atoms with Gasteiger partial charge in [0.15, 0.2) is 11.6 Å². The van der Waals surface area contributed by atoms with Gasteiger partial charge in [-0.1, -0.05) is 0 Å². The Morgan fingerprint density at radius 1 is 1.55 bits per heavy atom. The number of sulfonamides is 1. The zero-order valence-corrected chi connectivity index (χ0v) is 11.3. The molecule has 1 rings (SSSR count). The first-order chi connectivity index (χ1) is 9.19. The number of ether oxygens (including phenoxy) is 1. The smallest absolute Gasteiger partial charge is 0.247 e. The van der Waals surface area contributed by atoms with Crippen LogP contribution in [0, 0.1) is 5.82 Å². The highest BCUT2D eigenvalue weighted by Crippen LogP contribution is 2.28. The molecule has 0 spiro atoms. The van der Waals surface area contributed by atoms with Gasteiger partial charge in [0, 0.05) is 6.54 Å². The summed E-state index contributed by atoms with van der Waals surface area (Å²) < 4.78 is 43.8. The zero-order chi connectivity index (χ0) is 15.5. The van der Waals surface area contributed by atoms with E-state index in [1.807, 2.05) is 4.72 Å². The van der Waals surface area contributed by atoms with E-state index in [9.17, 15) is 17.6 Å². The molecule has 1 aromatic carbocycles. The predicted octanol–water partition coefficient (Wildman–Crippen LogP) is -1.46. The molecule has 8 nitrogen and oxygen atoms in total. The summed E-state index contributed by atoms with van der Waals surface area (Å²) in [4.78, 5) is 10.1. The third-order valence-corrected chi connectivity index (χ3v) is 3.76. The van der Waals surface area contributed by atoms with Crippen molar-refractivity contribution in [3.05, 3.63) is 17.9 Å². The summed E-state index contributed by atoms with van der Waals surface area (Å²) >= 11 is 0. The number of nitrogen functional groups attached to an aromatic ring is 1. The van der Waals surface area contributed by atoms with Crippen molar-refractivity contribution in [2.75, 3.05) is 19.4 Å². The summed E-state index contributed by atoms with van der Waals surface area (Å²) in [6.07, 6.45) is -1.69. The fourth-order valence-electron chi connectivity index (χ4n) is 1.33. The van der Waals surface area contributed by atoms with Crippen LogP contribution >= 0.6 is 0 Å². The quantitative estimate of drug-likeness (QED) is 0.473. The summed E-state index contributed by atoms with van der Waals surface area (Å²) in [7, 11) is -2.97. The minimum absolute atomic E-state index is 0.205. The average Bonchev–Trinajstić information content (AvgIpc) is 2.35. The summed E-state index contributed by atoms with van der Waals surface area (Å²) in [6.45, 7) is -0.634. The molecule has 1 amide bonds. The molecular formula is C10H14FN3O5S. The molecule has 0 radical (unpaired) electrons. The number of amides is 1. The Morgan fingerprint density at radius 2 is 2.15 bits per heavy atom. The van der Waals surface area contributed by atoms with Gasteiger partial charge in [-0.05, 0) is 12.1 Å². The van der Waals surface area contributed by atoms with E-state index in [4.69, 9.17) is 16.6 Å². The van der Waals surface area contributed by atoms with Crippen molar-refractivity contribution < 1.29 is 27.4 Å². The van der Waals surface area contributed by atoms with Crippen molar-refractivity contribution in [1.29, 1.82) is 0 Å². The van der Waals surface area contributed by atoms with Gasteiger partial charge in [-0.3, -0.25) is 4.79 Å². The maximum atomic E-state index is 13.5. The van der Waals surface area contributed by atoms with E-state index in [2.05, 4.69) is 4.74 Å². The van der Waals surface area contributed by atoms with E-state index in [0.29, 0.717) is 6.07 Å². The van der Waals surface area contributed by atoms with Crippen molar-refractivity contribution in [3.8, 4) is 5.75 Å². The topological polar surface area (TPSA) is 145 Å². The number of aliphatic hydroxyl groups excluding tert-OH is 1. The maximum absolute atomic E-state index is 13.5. The zero-order valence-electron chi connectivity index (χ0n) is 10.5. The van der Waals surface area contributed by atoms with Crippen LogP contribution < -0.4 is 20.9 Å². The molecule has 112 valence electrons. The lowest BCUT2D eigenvalue weighted by atomic mass is 10.3. The molecule has 0 aliphatic carbocycles. The fraction of sp³-hybridized carbons (Fsp3) is 0.300. The van der Waals surface area contributed by atoms with Gasteiger partial charge in [0.05, 0.1) is 17.7 Å². The predicted molar refractivity (Wildman–Crippen MR) is 67.8 cm³/mol. The van der Waals surface area contributed by atoms with Crippen LogP contribution in [-0.2, 0) is 14.8 Å². The lowest BCUT2D eigenvalue weighted by molar-refractivity contribution is -0.125. The number of benzene rings is 1. The van der Waals surface area contributed by atoms with Crippen LogP contribution in [0.5, 0.6) is 5.75 Å². The number of nitrogens with one attached hydrogen (secondary N) is 1. The van der Waals surface area contributed by atoms with Crippen molar-refractivity contribution >= 4 is 21.6 Å². The van der Waals surface area contributed by atoms with E-state index in [1.54, 1.807) is 0 Å². The summed E-state index contributed by atoms with van der Waals surface area (Å²) in [5.74, 6) is -2.32. The largest absolute Gasteiger partial charge is 0.492 e. The number of carbonyl (C=O) groups excluding carboxylic acids is 1. The standard InChI is InChI=1S/C10H14FN3O5S/c1-19-9-6(11)2-5(3-7(9)12)20(17,18)14-4-8(15)10(13)16/h2-3,8,14-15H,4,12H2,1H3,(H2,13,16). The Kier molecular flexibility index (Phi) is 4.87. The number of primary amides is 1. The van der Waals surface area contributed by atoms with Crippen LogP contribution in [0.25, 0.3) is 0 Å². The highest BCUT2D eigenvalue weighted by molar-refractivity contribution is 7.89. The third kappa shape index (κ3) is 3.56. The molecule has 20 heavy (non-hydrogen) atoms. The first-order valence-electron chi connectivity index (χ1n) is 5.29. The number of hydrogen-bond donors (Lipinski definition) is 4. The van der Waals surface area contributed by atoms with E-state index in [1.165, 1.54) is 7.11 Å². The van der Waals surface area contributed by atoms with Gasteiger partial charge in [-0.2, -0.15) is 0 Å². The van der Waals surface area contributed by atoms with Gasteiger partial charge in [-0.25, -0.2) is 17.5 Å². The molecule has 0 saturated heterocycles. The van der Waals surface area contributed by atoms with E-state index < -0.39 is 39.3 Å². The summed E-state index contributed by atoms with van der Waals surface area (Å²) in [5.41, 5.74) is 10.0. The Bertz CT molecular complexity index is 596. The van der Waals surface area contributed by atoms with Crippen LogP contribution in [0.4, 0.5) is 10.1 Å². The average molecular weight is 307 g/mol. The minimum Gasteiger partial charge on any atom is -0.492 e. The lowest BCUT2D eigenvalue weighted by Crippen LogP contribution is -2.39. The first kappa shape index (κ1) is 16.1. The second kappa shape index (κ2) is 6.03. The maximum Gasteiger partial charge on any atom is 0.247 e. The van der Waals surface area contributed by atoms with Crippen molar-refractivity contribution in [3.63, 3.8) is 0 Å². The number of methoxy groups -OCH3 is 1. The molecule has 0 heterocycles. The second-order valence-corrected chi connectivity index (χ2v) is 5.56. The lowest BCUT2D eigenvalue weighted by Gasteiger charge is -2.11. The molecule has 0 aliphatic rings. The molecular weight excluding hydrogens is 293 g/mol. The highest BCUT2D eigenvalue weighted by atomic mass is 32.2. The van der Waals surface area contributed by atoms with Crippen LogP contribution in [0.1, 0.15) is 0 Å². The number of anilines is 1. The van der Waals surface area contributed by atoms with Crippen molar-refractivity contribution in [2.24, 2.45) is 5.73 Å². The van der Waals surface area contributed by atoms with Crippen LogP contribution in [-0.4, -0.2) is 39.2 Å². The number of hydrogen-bond acceptors (Lipinski definition) is 6. The van der Waals surface area contributed by atoms with Crippen molar-refractivity contribution in [2.45, 2.75) is 11.0 Å². The fourth-order valence-corrected chi connectivity index (χ4v) is 2.42. The molecule has 0 aliphatic heterocycles. The number of aliphatic hydroxyl groups is 1. The molecule has 0 saturated carbocycles. The van der Waals surface area contributed by atoms with Gasteiger partial charge in [0.25, 0.3) is 0 Å². The minimum atomic E-state index is -4.15. The van der Waals surface area contributed by atoms with Gasteiger partial charge in [-0.15, -0.1) is 0 Å². The Labute approximate surface area is 114 Å². The molecule has 0 aromatic heterocycles. The van der Waals surface area contributed by atoms with E-state index >= 15 is 0 Å². The second-order valence-electron chi connectivity index (χ2n) is 3.80. The number of rotatable bonds is 6. The Morgan fingerprint density at radius 3 is 2.60 bits per heavy atom. The molecule has 1 unspecified atom stereocenters. The number of carbonyl (C=O) groups is 1. The van der Waals surface area contributed by atoms with Crippen LogP contribution in [0.15, 0.2) is 17.0 Å². The van der Waals surface area contributed by atoms with E-state index in [0.717, 1.165) is 6.07 Å². The monoisotopic (exact) mass is 307 g/mol. The molecule has 1 aromatic rings. The molecule has 0 fully saturated rings. The highest BCUT2D eigenvalue weighted by Gasteiger charge is 2.21. The molecule has 1 atom stereocenters. The normalized spacial score (nSPS) is 12.9. The van der Waals surface area contributed by atoms with Gasteiger partial charge in [0.2, 0.25) is 15.9 Å². The van der Waals surface area contributed by atoms with Gasteiger partial charge in [0.1, 0.15) is 6.10 Å². The Hall–Kier alpha value is -1.91. The Balaban J connectivity index is 3.02. The van der Waals surface area contributed by atoms with Gasteiger partial charge >= 0.3 is 0 Å². The summed E-state index contributed by atoms with van der Waals surface area (Å²) in [5, 5.41) is 9.11. The van der Waals surface area contributed by atoms with E-state index in [-0.39, 0.29) is 11.4 Å². The number of halogens is 1. The number of nitrogens with two attached hydrogens (primary N) is 2. The van der Waals surface area contributed by atoms with Crippen molar-refractivity contribution in [1.82, 2.24) is 4.72 Å². The molecule has 10 heteroatoms. The summed E-state index contributed by atoms with van der Waals surface area (Å²) in [6, 6.07) is 1.69. The third-order valence-electron chi connectivity index (χ3n) is 2.36. The molecule has 0 bridgehead atoms. The van der Waals surface area contributed by atoms with Gasteiger partial charge < -0.3 is 21.3 Å².